The van der Waals surface area contributed by atoms with E-state index in [0.29, 0.717) is 6.54 Å². The molecule has 2 fully saturated rings. The number of likely N-dealkylation sites (tertiary alicyclic amines) is 1. The molecule has 1 saturated heterocycles. The second kappa shape index (κ2) is 5.71. The normalized spacial score (nSPS) is 24.4. The molecule has 0 bridgehead atoms. The zero-order chi connectivity index (χ0) is 12.1. The maximum atomic E-state index is 12.0. The lowest BCUT2D eigenvalue weighted by molar-refractivity contribution is 0.0485. The molecule has 2 rings (SSSR count). The molecule has 17 heavy (non-hydrogen) atoms. The summed E-state index contributed by atoms with van der Waals surface area (Å²) >= 11 is 0. The van der Waals surface area contributed by atoms with Crippen LogP contribution in [-0.2, 0) is 0 Å². The maximum Gasteiger partial charge on any atom is 0.317 e. The number of amides is 2. The van der Waals surface area contributed by atoms with Crippen molar-refractivity contribution < 1.29 is 9.90 Å². The Bertz CT molecular complexity index is 254. The first kappa shape index (κ1) is 12.7. The minimum atomic E-state index is -0.637. The van der Waals surface area contributed by atoms with E-state index in [1.807, 2.05) is 4.90 Å². The zero-order valence-electron chi connectivity index (χ0n) is 10.6. The van der Waals surface area contributed by atoms with E-state index >= 15 is 0 Å². The number of carbonyl (C=O) groups is 1. The highest BCUT2D eigenvalue weighted by Gasteiger charge is 2.31. The van der Waals surface area contributed by atoms with Crippen LogP contribution >= 0.6 is 0 Å². The van der Waals surface area contributed by atoms with Crippen LogP contribution in [0.15, 0.2) is 0 Å². The lowest BCUT2D eigenvalue weighted by atomic mass is 10.0. The van der Waals surface area contributed by atoms with Crippen molar-refractivity contribution in [2.24, 2.45) is 0 Å². The summed E-state index contributed by atoms with van der Waals surface area (Å²) in [6.45, 7) is 2.15. The van der Waals surface area contributed by atoms with Gasteiger partial charge in [-0.25, -0.2) is 4.79 Å². The third-order valence-electron chi connectivity index (χ3n) is 4.00. The van der Waals surface area contributed by atoms with Crippen LogP contribution < -0.4 is 5.32 Å². The zero-order valence-corrected chi connectivity index (χ0v) is 10.6. The Morgan fingerprint density at radius 3 is 2.24 bits per heavy atom. The Morgan fingerprint density at radius 1 is 1.06 bits per heavy atom. The fraction of sp³-hybridized carbons (Fsp3) is 0.923. The van der Waals surface area contributed by atoms with Crippen LogP contribution in [0.3, 0.4) is 0 Å². The van der Waals surface area contributed by atoms with Crippen LogP contribution in [0.2, 0.25) is 0 Å². The molecule has 0 unspecified atom stereocenters. The fourth-order valence-corrected chi connectivity index (χ4v) is 2.84. The summed E-state index contributed by atoms with van der Waals surface area (Å²) in [6.07, 6.45) is 8.49. The first-order chi connectivity index (χ1) is 8.20. The molecule has 1 aliphatic carbocycles. The molecule has 0 atom stereocenters. The maximum absolute atomic E-state index is 12.0. The van der Waals surface area contributed by atoms with Gasteiger partial charge in [0.25, 0.3) is 0 Å². The van der Waals surface area contributed by atoms with E-state index < -0.39 is 5.60 Å². The first-order valence-corrected chi connectivity index (χ1v) is 6.95. The smallest absolute Gasteiger partial charge is 0.317 e. The Hall–Kier alpha value is -0.770. The molecule has 0 aromatic rings. The van der Waals surface area contributed by atoms with E-state index in [-0.39, 0.29) is 6.03 Å². The lowest BCUT2D eigenvalue weighted by Gasteiger charge is -2.26. The summed E-state index contributed by atoms with van der Waals surface area (Å²) in [4.78, 5) is 13.8. The number of hydrogen-bond donors (Lipinski definition) is 2. The van der Waals surface area contributed by atoms with Gasteiger partial charge in [0.2, 0.25) is 0 Å². The van der Waals surface area contributed by atoms with E-state index in [9.17, 15) is 9.90 Å². The molecule has 4 nitrogen and oxygen atoms in total. The van der Waals surface area contributed by atoms with Crippen LogP contribution in [0.25, 0.3) is 0 Å². The summed E-state index contributed by atoms with van der Waals surface area (Å²) in [6, 6.07) is 0.00669. The third kappa shape index (κ3) is 3.60. The van der Waals surface area contributed by atoms with Crippen LogP contribution in [-0.4, -0.2) is 41.3 Å². The number of urea groups is 1. The summed E-state index contributed by atoms with van der Waals surface area (Å²) < 4.78 is 0. The van der Waals surface area contributed by atoms with E-state index in [1.54, 1.807) is 0 Å². The van der Waals surface area contributed by atoms with Crippen molar-refractivity contribution in [1.82, 2.24) is 10.2 Å². The van der Waals surface area contributed by atoms with Crippen LogP contribution in [0.5, 0.6) is 0 Å². The molecule has 98 valence electrons. The summed E-state index contributed by atoms with van der Waals surface area (Å²) in [5.41, 5.74) is -0.637. The number of carbonyl (C=O) groups excluding carboxylic acids is 1. The highest BCUT2D eigenvalue weighted by Crippen LogP contribution is 2.28. The molecule has 2 aliphatic rings. The van der Waals surface area contributed by atoms with Crippen molar-refractivity contribution >= 4 is 6.03 Å². The molecular weight excluding hydrogens is 216 g/mol. The number of aliphatic hydroxyl groups is 1. The molecule has 2 amide bonds. The average Bonchev–Trinajstić information content (AvgIpc) is 2.60. The van der Waals surface area contributed by atoms with Crippen LogP contribution in [0, 0.1) is 0 Å². The van der Waals surface area contributed by atoms with E-state index in [4.69, 9.17) is 0 Å². The molecule has 0 aromatic carbocycles. The molecule has 0 aromatic heterocycles. The second-order valence-corrected chi connectivity index (χ2v) is 5.49. The van der Waals surface area contributed by atoms with Crippen molar-refractivity contribution in [2.75, 3.05) is 19.6 Å². The molecule has 1 saturated carbocycles. The molecule has 0 radical (unpaired) electrons. The average molecular weight is 240 g/mol. The van der Waals surface area contributed by atoms with Gasteiger partial charge in [-0.2, -0.15) is 0 Å². The summed E-state index contributed by atoms with van der Waals surface area (Å²) in [5.74, 6) is 0. The molecule has 2 N–H and O–H groups in total. The molecule has 0 spiro atoms. The van der Waals surface area contributed by atoms with Gasteiger partial charge in [0, 0.05) is 19.6 Å². The Labute approximate surface area is 103 Å². The van der Waals surface area contributed by atoms with Gasteiger partial charge in [-0.1, -0.05) is 25.7 Å². The van der Waals surface area contributed by atoms with Crippen LogP contribution in [0.4, 0.5) is 4.79 Å². The number of rotatable bonds is 2. The van der Waals surface area contributed by atoms with Crippen LogP contribution in [0.1, 0.15) is 51.4 Å². The van der Waals surface area contributed by atoms with Gasteiger partial charge < -0.3 is 15.3 Å². The minimum Gasteiger partial charge on any atom is -0.388 e. The van der Waals surface area contributed by atoms with Gasteiger partial charge >= 0.3 is 6.03 Å². The standard InChI is InChI=1S/C13H24N2O2/c16-12(15-9-5-1-2-6-10-15)14-11-13(17)7-3-4-8-13/h17H,1-11H2,(H,14,16). The monoisotopic (exact) mass is 240 g/mol. The van der Waals surface area contributed by atoms with Gasteiger partial charge in [0.1, 0.15) is 0 Å². The van der Waals surface area contributed by atoms with Crippen molar-refractivity contribution in [3.63, 3.8) is 0 Å². The van der Waals surface area contributed by atoms with Gasteiger partial charge in [-0.15, -0.1) is 0 Å². The quantitative estimate of drug-likeness (QED) is 0.774. The molecule has 1 aliphatic heterocycles. The van der Waals surface area contributed by atoms with E-state index in [2.05, 4.69) is 5.32 Å². The number of hydrogen-bond acceptors (Lipinski definition) is 2. The molecule has 1 heterocycles. The first-order valence-electron chi connectivity index (χ1n) is 6.95. The van der Waals surface area contributed by atoms with Gasteiger partial charge in [0.15, 0.2) is 0 Å². The molecular formula is C13H24N2O2. The topological polar surface area (TPSA) is 52.6 Å². The predicted molar refractivity (Wildman–Crippen MR) is 66.9 cm³/mol. The van der Waals surface area contributed by atoms with Gasteiger partial charge in [0.05, 0.1) is 5.60 Å². The largest absolute Gasteiger partial charge is 0.388 e. The van der Waals surface area contributed by atoms with Crippen molar-refractivity contribution in [3.05, 3.63) is 0 Å². The van der Waals surface area contributed by atoms with Crippen molar-refractivity contribution in [1.29, 1.82) is 0 Å². The number of nitrogens with one attached hydrogen (secondary N) is 1. The molecule has 4 heteroatoms. The summed E-state index contributed by atoms with van der Waals surface area (Å²) in [5, 5.41) is 13.1. The Balaban J connectivity index is 1.75. The third-order valence-corrected chi connectivity index (χ3v) is 4.00. The van der Waals surface area contributed by atoms with E-state index in [1.165, 1.54) is 12.8 Å². The van der Waals surface area contributed by atoms with Crippen molar-refractivity contribution in [2.45, 2.75) is 57.0 Å². The lowest BCUT2D eigenvalue weighted by Crippen LogP contribution is -2.47. The second-order valence-electron chi connectivity index (χ2n) is 5.49. The van der Waals surface area contributed by atoms with Gasteiger partial charge in [-0.3, -0.25) is 0 Å². The van der Waals surface area contributed by atoms with Gasteiger partial charge in [-0.05, 0) is 25.7 Å². The summed E-state index contributed by atoms with van der Waals surface area (Å²) in [7, 11) is 0. The van der Waals surface area contributed by atoms with Crippen molar-refractivity contribution in [3.8, 4) is 0 Å². The van der Waals surface area contributed by atoms with E-state index in [0.717, 1.165) is 51.6 Å². The highest BCUT2D eigenvalue weighted by atomic mass is 16.3. The highest BCUT2D eigenvalue weighted by molar-refractivity contribution is 5.74. The fourth-order valence-electron chi connectivity index (χ4n) is 2.84. The minimum absolute atomic E-state index is 0.00669. The number of nitrogens with zero attached hydrogens (tertiary/aromatic N) is 1. The predicted octanol–water partition coefficient (Wildman–Crippen LogP) is 1.88. The Morgan fingerprint density at radius 2 is 1.65 bits per heavy atom. The Kier molecular flexibility index (Phi) is 4.26. The SMILES string of the molecule is O=C(NCC1(O)CCCC1)N1CCCCCC1.